The molecule has 8 heteroatoms. The fourth-order valence-electron chi connectivity index (χ4n) is 3.40. The topological polar surface area (TPSA) is 71.9 Å². The number of carbonyl (C=O) groups is 1. The van der Waals surface area contributed by atoms with E-state index in [1.165, 1.54) is 0 Å². The average Bonchev–Trinajstić information content (AvgIpc) is 3.13. The van der Waals surface area contributed by atoms with Gasteiger partial charge in [0, 0.05) is 45.0 Å². The van der Waals surface area contributed by atoms with E-state index in [2.05, 4.69) is 21.5 Å². The van der Waals surface area contributed by atoms with Crippen LogP contribution < -0.4 is 5.32 Å². The lowest BCUT2D eigenvalue weighted by Crippen LogP contribution is -2.42. The number of anilines is 1. The van der Waals surface area contributed by atoms with Crippen LogP contribution in [0.15, 0.2) is 12.4 Å². The number of hydrogen-bond acceptors (Lipinski definition) is 6. The highest BCUT2D eigenvalue weighted by Crippen LogP contribution is 2.17. The van der Waals surface area contributed by atoms with Crippen LogP contribution >= 0.6 is 0 Å². The van der Waals surface area contributed by atoms with E-state index < -0.39 is 0 Å². The maximum absolute atomic E-state index is 12.0. The Morgan fingerprint density at radius 3 is 2.70 bits per heavy atom. The van der Waals surface area contributed by atoms with Gasteiger partial charge >= 0.3 is 6.09 Å². The Bertz CT molecular complexity index is 578. The van der Waals surface area contributed by atoms with Gasteiger partial charge in [-0.3, -0.25) is 9.58 Å². The summed E-state index contributed by atoms with van der Waals surface area (Å²) in [7, 11) is 0. The predicted octanol–water partition coefficient (Wildman–Crippen LogP) is 1.88. The first-order valence-electron chi connectivity index (χ1n) is 10.1. The van der Waals surface area contributed by atoms with Gasteiger partial charge in [0.2, 0.25) is 0 Å². The molecule has 0 spiro atoms. The molecule has 1 aromatic rings. The molecule has 0 radical (unpaired) electrons. The zero-order chi connectivity index (χ0) is 19.1. The molecule has 0 unspecified atom stereocenters. The van der Waals surface area contributed by atoms with Gasteiger partial charge in [-0.15, -0.1) is 0 Å². The largest absolute Gasteiger partial charge is 0.449 e. The summed E-state index contributed by atoms with van der Waals surface area (Å²) in [6, 6.07) is 0.371. The molecule has 27 heavy (non-hydrogen) atoms. The SMILES string of the molecule is CC(C)COC(=O)N1CCC(Nc2cnn(CCN3CCOCC3)c2)CC1. The van der Waals surface area contributed by atoms with Gasteiger partial charge in [-0.2, -0.15) is 5.10 Å². The molecule has 152 valence electrons. The van der Waals surface area contributed by atoms with Crippen molar-refractivity contribution in [3.8, 4) is 0 Å². The number of ether oxygens (including phenoxy) is 2. The lowest BCUT2D eigenvalue weighted by atomic mass is 10.1. The average molecular weight is 380 g/mol. The monoisotopic (exact) mass is 379 g/mol. The maximum Gasteiger partial charge on any atom is 0.409 e. The van der Waals surface area contributed by atoms with Crippen LogP contribution in [0.2, 0.25) is 0 Å². The van der Waals surface area contributed by atoms with E-state index in [-0.39, 0.29) is 6.09 Å². The molecule has 8 nitrogen and oxygen atoms in total. The summed E-state index contributed by atoms with van der Waals surface area (Å²) in [5.74, 6) is 0.368. The molecule has 0 atom stereocenters. The third-order valence-corrected chi connectivity index (χ3v) is 5.05. The molecule has 2 saturated heterocycles. The number of nitrogens with one attached hydrogen (secondary N) is 1. The van der Waals surface area contributed by atoms with E-state index in [9.17, 15) is 4.79 Å². The first-order chi connectivity index (χ1) is 13.1. The summed E-state index contributed by atoms with van der Waals surface area (Å²) < 4.78 is 12.7. The number of likely N-dealkylation sites (tertiary alicyclic amines) is 1. The van der Waals surface area contributed by atoms with Gasteiger partial charge in [0.05, 0.1) is 38.2 Å². The van der Waals surface area contributed by atoms with Crippen molar-refractivity contribution in [1.82, 2.24) is 19.6 Å². The smallest absolute Gasteiger partial charge is 0.409 e. The number of aromatic nitrogens is 2. The van der Waals surface area contributed by atoms with E-state index in [0.717, 1.165) is 71.0 Å². The fourth-order valence-corrected chi connectivity index (χ4v) is 3.40. The standard InChI is InChI=1S/C19H33N5O3/c1-16(2)15-27-19(25)23-5-3-17(4-6-23)21-18-13-20-24(14-18)8-7-22-9-11-26-12-10-22/h13-14,16-17,21H,3-12,15H2,1-2H3. The Balaban J connectivity index is 1.36. The number of amides is 1. The Morgan fingerprint density at radius 1 is 1.26 bits per heavy atom. The van der Waals surface area contributed by atoms with E-state index in [1.54, 1.807) is 0 Å². The number of nitrogens with zero attached hydrogens (tertiary/aromatic N) is 4. The van der Waals surface area contributed by atoms with Crippen molar-refractivity contribution in [1.29, 1.82) is 0 Å². The summed E-state index contributed by atoms with van der Waals surface area (Å²) in [6.45, 7) is 11.6. The summed E-state index contributed by atoms with van der Waals surface area (Å²) in [5, 5.41) is 8.01. The van der Waals surface area contributed by atoms with Crippen LogP contribution in [0.4, 0.5) is 10.5 Å². The summed E-state index contributed by atoms with van der Waals surface area (Å²) in [5.41, 5.74) is 1.05. The van der Waals surface area contributed by atoms with Crippen molar-refractivity contribution < 1.29 is 14.3 Å². The molecular formula is C19H33N5O3. The molecule has 3 heterocycles. The molecular weight excluding hydrogens is 346 g/mol. The van der Waals surface area contributed by atoms with Crippen molar-refractivity contribution in [2.75, 3.05) is 57.9 Å². The quantitative estimate of drug-likeness (QED) is 0.780. The first kappa shape index (κ1) is 19.9. The third kappa shape index (κ3) is 6.39. The van der Waals surface area contributed by atoms with E-state index in [4.69, 9.17) is 9.47 Å². The zero-order valence-corrected chi connectivity index (χ0v) is 16.6. The molecule has 0 aromatic carbocycles. The molecule has 2 aliphatic rings. The highest BCUT2D eigenvalue weighted by molar-refractivity contribution is 5.67. The number of hydrogen-bond donors (Lipinski definition) is 1. The van der Waals surface area contributed by atoms with Crippen molar-refractivity contribution in [2.24, 2.45) is 5.92 Å². The minimum Gasteiger partial charge on any atom is -0.449 e. The van der Waals surface area contributed by atoms with Crippen LogP contribution in [0.3, 0.4) is 0 Å². The number of rotatable bonds is 7. The molecule has 1 aromatic heterocycles. The second-order valence-corrected chi connectivity index (χ2v) is 7.82. The number of morpholine rings is 1. The van der Waals surface area contributed by atoms with E-state index >= 15 is 0 Å². The van der Waals surface area contributed by atoms with Crippen LogP contribution in [0.1, 0.15) is 26.7 Å². The molecule has 3 rings (SSSR count). The molecule has 0 bridgehead atoms. The van der Waals surface area contributed by atoms with Gasteiger partial charge in [-0.05, 0) is 18.8 Å². The van der Waals surface area contributed by atoms with Crippen LogP contribution in [-0.4, -0.2) is 84.3 Å². The van der Waals surface area contributed by atoms with Gasteiger partial charge in [0.15, 0.2) is 0 Å². The van der Waals surface area contributed by atoms with Crippen molar-refractivity contribution >= 4 is 11.8 Å². The van der Waals surface area contributed by atoms with Crippen LogP contribution in [-0.2, 0) is 16.0 Å². The van der Waals surface area contributed by atoms with Gasteiger partial charge in [0.25, 0.3) is 0 Å². The summed E-state index contributed by atoms with van der Waals surface area (Å²) in [6.07, 6.45) is 5.63. The predicted molar refractivity (Wildman–Crippen MR) is 104 cm³/mol. The van der Waals surface area contributed by atoms with E-state index in [0.29, 0.717) is 18.6 Å². The molecule has 0 saturated carbocycles. The second-order valence-electron chi connectivity index (χ2n) is 7.82. The molecule has 1 amide bonds. The van der Waals surface area contributed by atoms with Gasteiger partial charge in [0.1, 0.15) is 0 Å². The molecule has 1 N–H and O–H groups in total. The number of piperidine rings is 1. The summed E-state index contributed by atoms with van der Waals surface area (Å²) >= 11 is 0. The Kier molecular flexibility index (Phi) is 7.34. The van der Waals surface area contributed by atoms with Gasteiger partial charge in [-0.25, -0.2) is 4.79 Å². The van der Waals surface area contributed by atoms with Crippen LogP contribution in [0, 0.1) is 5.92 Å². The molecule has 2 fully saturated rings. The first-order valence-corrected chi connectivity index (χ1v) is 10.1. The van der Waals surface area contributed by atoms with Gasteiger partial charge in [-0.1, -0.05) is 13.8 Å². The second kappa shape index (κ2) is 9.94. The van der Waals surface area contributed by atoms with Gasteiger partial charge < -0.3 is 19.7 Å². The molecule has 0 aliphatic carbocycles. The Hall–Kier alpha value is -1.80. The third-order valence-electron chi connectivity index (χ3n) is 5.05. The maximum atomic E-state index is 12.0. The minimum absolute atomic E-state index is 0.182. The lowest BCUT2D eigenvalue weighted by molar-refractivity contribution is 0.0360. The fraction of sp³-hybridized carbons (Fsp3) is 0.789. The number of carbonyl (C=O) groups excluding carboxylic acids is 1. The van der Waals surface area contributed by atoms with Crippen LogP contribution in [0.25, 0.3) is 0 Å². The normalized spacial score (nSPS) is 19.4. The van der Waals surface area contributed by atoms with Crippen LogP contribution in [0.5, 0.6) is 0 Å². The van der Waals surface area contributed by atoms with Crippen molar-refractivity contribution in [3.63, 3.8) is 0 Å². The van der Waals surface area contributed by atoms with E-state index in [1.807, 2.05) is 29.6 Å². The highest BCUT2D eigenvalue weighted by atomic mass is 16.6. The Morgan fingerprint density at radius 2 is 2.00 bits per heavy atom. The summed E-state index contributed by atoms with van der Waals surface area (Å²) in [4.78, 5) is 16.3. The minimum atomic E-state index is -0.182. The van der Waals surface area contributed by atoms with Crippen molar-refractivity contribution in [2.45, 2.75) is 39.3 Å². The zero-order valence-electron chi connectivity index (χ0n) is 16.6. The molecule has 2 aliphatic heterocycles. The lowest BCUT2D eigenvalue weighted by Gasteiger charge is -2.32. The van der Waals surface area contributed by atoms with Crippen molar-refractivity contribution in [3.05, 3.63) is 12.4 Å². The Labute approximate surface area is 161 Å². The highest BCUT2D eigenvalue weighted by Gasteiger charge is 2.24.